The molecule has 1 aliphatic rings. The summed E-state index contributed by atoms with van der Waals surface area (Å²) in [6, 6.07) is 5.65. The lowest BCUT2D eigenvalue weighted by Crippen LogP contribution is -2.48. The fourth-order valence-corrected chi connectivity index (χ4v) is 1.98. The number of benzene rings is 1. The molecule has 1 aromatic carbocycles. The van der Waals surface area contributed by atoms with Gasteiger partial charge in [-0.1, -0.05) is 0 Å². The number of ether oxygens (including phenoxy) is 1. The van der Waals surface area contributed by atoms with Crippen LogP contribution in [0.5, 0.6) is 5.75 Å². The van der Waals surface area contributed by atoms with Crippen molar-refractivity contribution in [1.82, 2.24) is 4.90 Å². The molecule has 0 aliphatic carbocycles. The Balaban J connectivity index is 2.18. The molecule has 0 atom stereocenters. The third-order valence-electron chi connectivity index (χ3n) is 3.12. The van der Waals surface area contributed by atoms with Gasteiger partial charge in [-0.2, -0.15) is 0 Å². The van der Waals surface area contributed by atoms with E-state index in [2.05, 4.69) is 0 Å². The van der Waals surface area contributed by atoms with Crippen LogP contribution in [0.1, 0.15) is 6.92 Å². The van der Waals surface area contributed by atoms with E-state index in [0.717, 1.165) is 18.8 Å². The third kappa shape index (κ3) is 2.50. The van der Waals surface area contributed by atoms with Crippen molar-refractivity contribution in [2.24, 2.45) is 0 Å². The maximum absolute atomic E-state index is 11.7. The lowest BCUT2D eigenvalue weighted by molar-refractivity contribution is -0.129. The standard InChI is InChI=1S/C13H19N3O2/c1-3-18-12-8-10(4-5-11(12)14)16-7-6-15(2)13(17)9-16/h4-5,8H,3,6-7,9,14H2,1-2H3. The van der Waals surface area contributed by atoms with Crippen LogP contribution in [0.4, 0.5) is 11.4 Å². The highest BCUT2D eigenvalue weighted by molar-refractivity contribution is 5.83. The van der Waals surface area contributed by atoms with Crippen molar-refractivity contribution in [2.45, 2.75) is 6.92 Å². The second kappa shape index (κ2) is 5.16. The molecule has 1 amide bonds. The van der Waals surface area contributed by atoms with Gasteiger partial charge >= 0.3 is 0 Å². The average Bonchev–Trinajstić information content (AvgIpc) is 2.36. The highest BCUT2D eigenvalue weighted by Crippen LogP contribution is 2.28. The van der Waals surface area contributed by atoms with Gasteiger partial charge in [0.15, 0.2) is 0 Å². The van der Waals surface area contributed by atoms with Gasteiger partial charge in [-0.15, -0.1) is 0 Å². The summed E-state index contributed by atoms with van der Waals surface area (Å²) in [5.74, 6) is 0.817. The summed E-state index contributed by atoms with van der Waals surface area (Å²) < 4.78 is 5.47. The maximum atomic E-state index is 11.7. The Morgan fingerprint density at radius 3 is 2.83 bits per heavy atom. The van der Waals surface area contributed by atoms with Crippen LogP contribution >= 0.6 is 0 Å². The van der Waals surface area contributed by atoms with E-state index >= 15 is 0 Å². The number of rotatable bonds is 3. The zero-order valence-electron chi connectivity index (χ0n) is 10.8. The van der Waals surface area contributed by atoms with E-state index in [1.165, 1.54) is 0 Å². The summed E-state index contributed by atoms with van der Waals surface area (Å²) in [6.07, 6.45) is 0. The number of amides is 1. The molecule has 0 radical (unpaired) electrons. The fraction of sp³-hybridized carbons (Fsp3) is 0.462. The van der Waals surface area contributed by atoms with Crippen molar-refractivity contribution < 1.29 is 9.53 Å². The lowest BCUT2D eigenvalue weighted by atomic mass is 10.2. The number of nitrogens with two attached hydrogens (primary N) is 1. The van der Waals surface area contributed by atoms with Crippen LogP contribution in [-0.4, -0.2) is 44.1 Å². The Labute approximate surface area is 107 Å². The van der Waals surface area contributed by atoms with E-state index in [4.69, 9.17) is 10.5 Å². The minimum Gasteiger partial charge on any atom is -0.492 e. The number of carbonyl (C=O) groups excluding carboxylic acids is 1. The van der Waals surface area contributed by atoms with Crippen LogP contribution in [-0.2, 0) is 4.79 Å². The van der Waals surface area contributed by atoms with Crippen LogP contribution < -0.4 is 15.4 Å². The largest absolute Gasteiger partial charge is 0.492 e. The number of piperazine rings is 1. The van der Waals surface area contributed by atoms with Gasteiger partial charge in [-0.25, -0.2) is 0 Å². The highest BCUT2D eigenvalue weighted by atomic mass is 16.5. The van der Waals surface area contributed by atoms with Crippen LogP contribution in [0, 0.1) is 0 Å². The molecule has 1 fully saturated rings. The zero-order chi connectivity index (χ0) is 13.1. The minimum atomic E-state index is 0.135. The fourth-order valence-electron chi connectivity index (χ4n) is 1.98. The highest BCUT2D eigenvalue weighted by Gasteiger charge is 2.21. The van der Waals surface area contributed by atoms with Crippen molar-refractivity contribution in [3.05, 3.63) is 18.2 Å². The third-order valence-corrected chi connectivity index (χ3v) is 3.12. The molecule has 1 heterocycles. The van der Waals surface area contributed by atoms with Crippen LogP contribution in [0.15, 0.2) is 18.2 Å². The molecule has 0 unspecified atom stereocenters. The molecule has 0 bridgehead atoms. The van der Waals surface area contributed by atoms with Crippen LogP contribution in [0.25, 0.3) is 0 Å². The summed E-state index contributed by atoms with van der Waals surface area (Å²) in [5.41, 5.74) is 7.44. The second-order valence-corrected chi connectivity index (χ2v) is 4.39. The summed E-state index contributed by atoms with van der Waals surface area (Å²) >= 11 is 0. The van der Waals surface area contributed by atoms with Crippen molar-refractivity contribution in [2.75, 3.05) is 43.9 Å². The quantitative estimate of drug-likeness (QED) is 0.810. The SMILES string of the molecule is CCOc1cc(N2CCN(C)C(=O)C2)ccc1N. The van der Waals surface area contributed by atoms with Gasteiger partial charge in [0.05, 0.1) is 18.8 Å². The van der Waals surface area contributed by atoms with E-state index in [0.29, 0.717) is 24.6 Å². The number of hydrogen-bond donors (Lipinski definition) is 1. The average molecular weight is 249 g/mol. The van der Waals surface area contributed by atoms with E-state index in [-0.39, 0.29) is 5.91 Å². The molecule has 1 aromatic rings. The lowest BCUT2D eigenvalue weighted by Gasteiger charge is -2.33. The Morgan fingerprint density at radius 2 is 2.17 bits per heavy atom. The van der Waals surface area contributed by atoms with Crippen LogP contribution in [0.3, 0.4) is 0 Å². The second-order valence-electron chi connectivity index (χ2n) is 4.39. The van der Waals surface area contributed by atoms with Crippen molar-refractivity contribution in [3.8, 4) is 5.75 Å². The van der Waals surface area contributed by atoms with Crippen molar-refractivity contribution in [1.29, 1.82) is 0 Å². The molecule has 5 heteroatoms. The first-order chi connectivity index (χ1) is 8.61. The minimum absolute atomic E-state index is 0.135. The van der Waals surface area contributed by atoms with Gasteiger partial charge in [0.2, 0.25) is 5.91 Å². The number of likely N-dealkylation sites (N-methyl/N-ethyl adjacent to an activating group) is 1. The number of hydrogen-bond acceptors (Lipinski definition) is 4. The van der Waals surface area contributed by atoms with Gasteiger partial charge in [0, 0.05) is 31.9 Å². The maximum Gasteiger partial charge on any atom is 0.241 e. The van der Waals surface area contributed by atoms with Gasteiger partial charge < -0.3 is 20.3 Å². The first kappa shape index (κ1) is 12.5. The molecule has 1 aliphatic heterocycles. The van der Waals surface area contributed by atoms with E-state index < -0.39 is 0 Å². The number of nitrogen functional groups attached to an aromatic ring is 1. The Morgan fingerprint density at radius 1 is 1.39 bits per heavy atom. The zero-order valence-corrected chi connectivity index (χ0v) is 10.8. The van der Waals surface area contributed by atoms with Gasteiger partial charge in [-0.3, -0.25) is 4.79 Å². The topological polar surface area (TPSA) is 58.8 Å². The molecule has 0 spiro atoms. The van der Waals surface area contributed by atoms with E-state index in [9.17, 15) is 4.79 Å². The first-order valence-electron chi connectivity index (χ1n) is 6.13. The van der Waals surface area contributed by atoms with E-state index in [1.54, 1.807) is 4.90 Å². The molecule has 2 rings (SSSR count). The molecular formula is C13H19N3O2. The Bertz CT molecular complexity index is 448. The van der Waals surface area contributed by atoms with Crippen molar-refractivity contribution in [3.63, 3.8) is 0 Å². The number of nitrogens with zero attached hydrogens (tertiary/aromatic N) is 2. The summed E-state index contributed by atoms with van der Waals surface area (Å²) in [6.45, 7) is 4.48. The summed E-state index contributed by atoms with van der Waals surface area (Å²) in [4.78, 5) is 15.5. The molecule has 0 saturated carbocycles. The van der Waals surface area contributed by atoms with E-state index in [1.807, 2.05) is 37.1 Å². The molecule has 5 nitrogen and oxygen atoms in total. The molecule has 98 valence electrons. The normalized spacial score (nSPS) is 16.0. The predicted molar refractivity (Wildman–Crippen MR) is 71.9 cm³/mol. The van der Waals surface area contributed by atoms with Crippen molar-refractivity contribution >= 4 is 17.3 Å². The number of anilines is 2. The molecule has 0 aromatic heterocycles. The van der Waals surface area contributed by atoms with Gasteiger partial charge in [0.25, 0.3) is 0 Å². The van der Waals surface area contributed by atoms with Gasteiger partial charge in [-0.05, 0) is 19.1 Å². The monoisotopic (exact) mass is 249 g/mol. The molecule has 2 N–H and O–H groups in total. The Hall–Kier alpha value is -1.91. The number of carbonyl (C=O) groups is 1. The summed E-state index contributed by atoms with van der Waals surface area (Å²) in [7, 11) is 1.83. The van der Waals surface area contributed by atoms with Crippen LogP contribution in [0.2, 0.25) is 0 Å². The molecular weight excluding hydrogens is 230 g/mol. The first-order valence-corrected chi connectivity index (χ1v) is 6.13. The molecule has 18 heavy (non-hydrogen) atoms. The summed E-state index contributed by atoms with van der Waals surface area (Å²) in [5, 5.41) is 0. The molecule has 1 saturated heterocycles. The smallest absolute Gasteiger partial charge is 0.241 e. The Kier molecular flexibility index (Phi) is 3.60. The van der Waals surface area contributed by atoms with Gasteiger partial charge in [0.1, 0.15) is 5.75 Å². The predicted octanol–water partition coefficient (Wildman–Crippen LogP) is 0.946.